The van der Waals surface area contributed by atoms with Crippen LogP contribution in [0.25, 0.3) is 0 Å². The summed E-state index contributed by atoms with van der Waals surface area (Å²) in [6, 6.07) is 3.20. The number of hydrogen-bond acceptors (Lipinski definition) is 3. The molecule has 104 valence electrons. The summed E-state index contributed by atoms with van der Waals surface area (Å²) in [6.07, 6.45) is 0. The Morgan fingerprint density at radius 3 is 2.42 bits per heavy atom. The first-order chi connectivity index (χ1) is 8.66. The maximum Gasteiger partial charge on any atom is 0.163 e. The van der Waals surface area contributed by atoms with E-state index in [4.69, 9.17) is 5.26 Å². The van der Waals surface area contributed by atoms with Crippen molar-refractivity contribution in [1.82, 2.24) is 4.72 Å². The molecule has 0 aliphatic carbocycles. The molecule has 1 aromatic rings. The zero-order valence-corrected chi connectivity index (χ0v) is 12.1. The summed E-state index contributed by atoms with van der Waals surface area (Å²) in [5.74, 6) is -2.10. The number of nitrogens with zero attached hydrogens (tertiary/aromatic N) is 1. The van der Waals surface area contributed by atoms with Crippen molar-refractivity contribution in [2.45, 2.75) is 38.5 Å². The largest absolute Gasteiger partial charge is 0.598 e. The fourth-order valence-corrected chi connectivity index (χ4v) is 2.19. The first-order valence-corrected chi connectivity index (χ1v) is 6.89. The zero-order chi connectivity index (χ0) is 14.8. The van der Waals surface area contributed by atoms with E-state index in [2.05, 4.69) is 4.72 Å². The van der Waals surface area contributed by atoms with Crippen molar-refractivity contribution in [3.05, 3.63) is 34.9 Å². The second kappa shape index (κ2) is 5.87. The minimum atomic E-state index is -1.41. The summed E-state index contributed by atoms with van der Waals surface area (Å²) in [5.41, 5.74) is 0.0261. The third-order valence-corrected chi connectivity index (χ3v) is 4.17. The quantitative estimate of drug-likeness (QED) is 0.869. The predicted octanol–water partition coefficient (Wildman–Crippen LogP) is 2.95. The maximum absolute atomic E-state index is 13.7. The van der Waals surface area contributed by atoms with E-state index in [-0.39, 0.29) is 11.1 Å². The van der Waals surface area contributed by atoms with E-state index in [1.54, 1.807) is 33.8 Å². The van der Waals surface area contributed by atoms with Gasteiger partial charge in [0.05, 0.1) is 17.7 Å². The van der Waals surface area contributed by atoms with Crippen LogP contribution in [0, 0.1) is 23.0 Å². The molecule has 0 aliphatic rings. The van der Waals surface area contributed by atoms with E-state index in [9.17, 15) is 13.3 Å². The highest BCUT2D eigenvalue weighted by molar-refractivity contribution is 7.90. The summed E-state index contributed by atoms with van der Waals surface area (Å²) < 4.78 is 41.1. The molecule has 1 rings (SSSR count). The lowest BCUT2D eigenvalue weighted by Crippen LogP contribution is -2.40. The number of benzene rings is 1. The normalized spacial score (nSPS) is 14.8. The van der Waals surface area contributed by atoms with Crippen LogP contribution in [0.4, 0.5) is 8.78 Å². The van der Waals surface area contributed by atoms with Gasteiger partial charge in [-0.1, -0.05) is 0 Å². The Kier molecular flexibility index (Phi) is 4.91. The minimum absolute atomic E-state index is 0.00542. The Balaban J connectivity index is 3.04. The molecule has 6 heteroatoms. The summed E-state index contributed by atoms with van der Waals surface area (Å²) >= 11 is -1.41. The van der Waals surface area contributed by atoms with Gasteiger partial charge in [-0.25, -0.2) is 8.78 Å². The van der Waals surface area contributed by atoms with Crippen LogP contribution >= 0.6 is 0 Å². The van der Waals surface area contributed by atoms with E-state index < -0.39 is 33.8 Å². The van der Waals surface area contributed by atoms with E-state index in [1.165, 1.54) is 6.07 Å². The van der Waals surface area contributed by atoms with Gasteiger partial charge in [-0.2, -0.15) is 5.26 Å². The Labute approximate surface area is 114 Å². The molecule has 3 nitrogen and oxygen atoms in total. The van der Waals surface area contributed by atoms with Crippen molar-refractivity contribution >= 4 is 11.4 Å². The van der Waals surface area contributed by atoms with Crippen LogP contribution in [-0.2, 0) is 11.4 Å². The Morgan fingerprint density at radius 1 is 1.37 bits per heavy atom. The third kappa shape index (κ3) is 3.90. The lowest BCUT2D eigenvalue weighted by Gasteiger charge is -2.26. The average Bonchev–Trinajstić information content (AvgIpc) is 2.30. The van der Waals surface area contributed by atoms with Crippen LogP contribution in [0.3, 0.4) is 0 Å². The molecule has 19 heavy (non-hydrogen) atoms. The number of nitriles is 1. The predicted molar refractivity (Wildman–Crippen MR) is 70.5 cm³/mol. The van der Waals surface area contributed by atoms with Gasteiger partial charge in [0.2, 0.25) is 0 Å². The first kappa shape index (κ1) is 15.9. The van der Waals surface area contributed by atoms with Crippen LogP contribution in [0.2, 0.25) is 0 Å². The van der Waals surface area contributed by atoms with Crippen LogP contribution in [0.15, 0.2) is 12.1 Å². The molecular formula is C13H16F2N2OS. The zero-order valence-electron chi connectivity index (χ0n) is 11.3. The van der Waals surface area contributed by atoms with Gasteiger partial charge in [-0.05, 0) is 39.8 Å². The van der Waals surface area contributed by atoms with Crippen molar-refractivity contribution in [1.29, 1.82) is 5.26 Å². The molecule has 0 amide bonds. The second-order valence-corrected chi connectivity index (χ2v) is 7.19. The van der Waals surface area contributed by atoms with E-state index in [0.29, 0.717) is 0 Å². The van der Waals surface area contributed by atoms with E-state index >= 15 is 0 Å². The van der Waals surface area contributed by atoms with Gasteiger partial charge in [-0.3, -0.25) is 0 Å². The Hall–Kier alpha value is -1.16. The summed E-state index contributed by atoms with van der Waals surface area (Å²) in [4.78, 5) is 0. The van der Waals surface area contributed by atoms with Crippen LogP contribution in [0.5, 0.6) is 0 Å². The van der Waals surface area contributed by atoms with Gasteiger partial charge < -0.3 is 4.55 Å². The Morgan fingerprint density at radius 2 is 1.95 bits per heavy atom. The minimum Gasteiger partial charge on any atom is -0.598 e. The third-order valence-electron chi connectivity index (χ3n) is 2.49. The lowest BCUT2D eigenvalue weighted by atomic mass is 10.1. The van der Waals surface area contributed by atoms with Gasteiger partial charge in [0.15, 0.2) is 11.6 Å². The molecule has 0 aromatic heterocycles. The number of hydrogen-bond donors (Lipinski definition) is 1. The summed E-state index contributed by atoms with van der Waals surface area (Å²) in [5, 5.41) is 8.75. The summed E-state index contributed by atoms with van der Waals surface area (Å²) in [6.45, 7) is 6.88. The number of rotatable bonds is 3. The van der Waals surface area contributed by atoms with Crippen molar-refractivity contribution in [3.8, 4) is 6.07 Å². The van der Waals surface area contributed by atoms with Crippen molar-refractivity contribution < 1.29 is 13.3 Å². The Bertz CT molecular complexity index is 509. The highest BCUT2D eigenvalue weighted by Gasteiger charge is 2.29. The molecule has 0 fully saturated rings. The van der Waals surface area contributed by atoms with Gasteiger partial charge in [0, 0.05) is 16.9 Å². The molecule has 0 bridgehead atoms. The smallest absolute Gasteiger partial charge is 0.163 e. The molecule has 1 aromatic carbocycles. The first-order valence-electron chi connectivity index (χ1n) is 5.74. The lowest BCUT2D eigenvalue weighted by molar-refractivity contribution is 0.481. The standard InChI is InChI=1S/C13H16F2N2OS/c1-8(17-19(18)13(2,3)4)10-5-9(7-16)6-11(14)12(10)15/h5-6,8,17H,1-4H3. The molecule has 0 saturated carbocycles. The van der Waals surface area contributed by atoms with Crippen molar-refractivity contribution in [2.75, 3.05) is 0 Å². The van der Waals surface area contributed by atoms with E-state index in [0.717, 1.165) is 6.07 Å². The molecule has 1 N–H and O–H groups in total. The number of halogens is 2. The van der Waals surface area contributed by atoms with Gasteiger partial charge >= 0.3 is 0 Å². The molecule has 0 heterocycles. The van der Waals surface area contributed by atoms with Crippen LogP contribution in [-0.4, -0.2) is 9.30 Å². The molecular weight excluding hydrogens is 270 g/mol. The monoisotopic (exact) mass is 286 g/mol. The van der Waals surface area contributed by atoms with Crippen LogP contribution < -0.4 is 4.72 Å². The van der Waals surface area contributed by atoms with Gasteiger partial charge in [-0.15, -0.1) is 4.72 Å². The highest BCUT2D eigenvalue weighted by Crippen LogP contribution is 2.24. The second-order valence-electron chi connectivity index (χ2n) is 5.19. The van der Waals surface area contributed by atoms with Gasteiger partial charge in [0.25, 0.3) is 0 Å². The maximum atomic E-state index is 13.7. The average molecular weight is 286 g/mol. The molecule has 0 saturated heterocycles. The SMILES string of the molecule is CC(N[S+]([O-])C(C)(C)C)c1cc(C#N)cc(F)c1F. The van der Waals surface area contributed by atoms with Crippen molar-refractivity contribution in [3.63, 3.8) is 0 Å². The van der Waals surface area contributed by atoms with E-state index in [1.807, 2.05) is 0 Å². The molecule has 0 aliphatic heterocycles. The van der Waals surface area contributed by atoms with Crippen molar-refractivity contribution in [2.24, 2.45) is 0 Å². The summed E-state index contributed by atoms with van der Waals surface area (Å²) in [7, 11) is 0. The fraction of sp³-hybridized carbons (Fsp3) is 0.462. The van der Waals surface area contributed by atoms with Crippen LogP contribution in [0.1, 0.15) is 44.9 Å². The van der Waals surface area contributed by atoms with Gasteiger partial charge in [0.1, 0.15) is 4.75 Å². The molecule has 2 atom stereocenters. The number of nitrogens with one attached hydrogen (secondary N) is 1. The topological polar surface area (TPSA) is 58.9 Å². The molecule has 0 radical (unpaired) electrons. The highest BCUT2D eigenvalue weighted by atomic mass is 32.2. The molecule has 2 unspecified atom stereocenters. The molecule has 0 spiro atoms. The fourth-order valence-electron chi connectivity index (χ4n) is 1.39.